The summed E-state index contributed by atoms with van der Waals surface area (Å²) < 4.78 is 1.60. The third kappa shape index (κ3) is 3.20. The molecule has 1 aromatic rings. The van der Waals surface area contributed by atoms with Gasteiger partial charge >= 0.3 is 0 Å². The zero-order chi connectivity index (χ0) is 13.0. The van der Waals surface area contributed by atoms with Crippen LogP contribution in [0.4, 0.5) is 0 Å². The Bertz CT molecular complexity index is 438. The van der Waals surface area contributed by atoms with Crippen LogP contribution in [0.5, 0.6) is 0 Å². The van der Waals surface area contributed by atoms with Gasteiger partial charge in [-0.25, -0.2) is 0 Å². The molecule has 3 N–H and O–H groups in total. The van der Waals surface area contributed by atoms with Crippen molar-refractivity contribution in [3.8, 4) is 0 Å². The van der Waals surface area contributed by atoms with Crippen molar-refractivity contribution in [1.82, 2.24) is 14.7 Å². The fourth-order valence-electron chi connectivity index (χ4n) is 1.45. The lowest BCUT2D eigenvalue weighted by atomic mass is 10.2. The van der Waals surface area contributed by atoms with Crippen molar-refractivity contribution in [1.29, 1.82) is 0 Å². The molecule has 0 saturated carbocycles. The Labute approximate surface area is 99.5 Å². The van der Waals surface area contributed by atoms with E-state index in [4.69, 9.17) is 10.9 Å². The van der Waals surface area contributed by atoms with Crippen LogP contribution in [0, 0.1) is 6.92 Å². The molecule has 7 nitrogen and oxygen atoms in total. The molecule has 7 heteroatoms. The number of amidine groups is 1. The lowest BCUT2D eigenvalue weighted by Crippen LogP contribution is -2.30. The van der Waals surface area contributed by atoms with Crippen LogP contribution >= 0.6 is 0 Å². The summed E-state index contributed by atoms with van der Waals surface area (Å²) in [4.78, 5) is 13.5. The molecular formula is C10H17N5O2. The van der Waals surface area contributed by atoms with Crippen LogP contribution < -0.4 is 5.73 Å². The van der Waals surface area contributed by atoms with Gasteiger partial charge in [0.2, 0.25) is 0 Å². The maximum Gasteiger partial charge on any atom is 0.257 e. The monoisotopic (exact) mass is 239 g/mol. The molecule has 0 bridgehead atoms. The third-order valence-corrected chi connectivity index (χ3v) is 2.42. The molecule has 0 fully saturated rings. The van der Waals surface area contributed by atoms with E-state index in [2.05, 4.69) is 10.3 Å². The molecule has 0 unspecified atom stereocenters. The van der Waals surface area contributed by atoms with Gasteiger partial charge < -0.3 is 15.8 Å². The predicted molar refractivity (Wildman–Crippen MR) is 62.9 cm³/mol. The van der Waals surface area contributed by atoms with E-state index in [1.165, 1.54) is 4.90 Å². The first-order valence-corrected chi connectivity index (χ1v) is 5.17. The van der Waals surface area contributed by atoms with Crippen molar-refractivity contribution in [2.45, 2.75) is 13.3 Å². The third-order valence-electron chi connectivity index (χ3n) is 2.42. The average molecular weight is 239 g/mol. The van der Waals surface area contributed by atoms with Crippen LogP contribution in [0.1, 0.15) is 22.5 Å². The zero-order valence-corrected chi connectivity index (χ0v) is 10.2. The normalized spacial score (nSPS) is 11.6. The summed E-state index contributed by atoms with van der Waals surface area (Å²) in [6, 6.07) is 0. The zero-order valence-electron chi connectivity index (χ0n) is 10.2. The summed E-state index contributed by atoms with van der Waals surface area (Å²) in [5.74, 6) is -0.0195. The van der Waals surface area contributed by atoms with Crippen molar-refractivity contribution in [2.75, 3.05) is 13.6 Å². The van der Waals surface area contributed by atoms with E-state index in [1.807, 2.05) is 0 Å². The summed E-state index contributed by atoms with van der Waals surface area (Å²) >= 11 is 0. The smallest absolute Gasteiger partial charge is 0.257 e. The van der Waals surface area contributed by atoms with E-state index < -0.39 is 0 Å². The van der Waals surface area contributed by atoms with E-state index in [-0.39, 0.29) is 11.7 Å². The summed E-state index contributed by atoms with van der Waals surface area (Å²) in [6.07, 6.45) is 2.01. The standard InChI is InChI=1S/C10H17N5O2/c1-7-8(6-15(3)12-7)10(16)14(2)5-4-9(11)13-17/h6,17H,4-5H2,1-3H3,(H2,11,13). The largest absolute Gasteiger partial charge is 0.409 e. The molecule has 0 aliphatic rings. The second-order valence-corrected chi connectivity index (χ2v) is 3.87. The molecule has 0 spiro atoms. The number of oxime groups is 1. The minimum atomic E-state index is -0.124. The van der Waals surface area contributed by atoms with Gasteiger partial charge in [0, 0.05) is 33.3 Å². The highest BCUT2D eigenvalue weighted by Crippen LogP contribution is 2.08. The van der Waals surface area contributed by atoms with Gasteiger partial charge in [0.1, 0.15) is 5.84 Å². The van der Waals surface area contributed by atoms with E-state index in [1.54, 1.807) is 31.9 Å². The van der Waals surface area contributed by atoms with Crippen molar-refractivity contribution < 1.29 is 10.0 Å². The van der Waals surface area contributed by atoms with Gasteiger partial charge in [0.05, 0.1) is 11.3 Å². The van der Waals surface area contributed by atoms with Crippen molar-refractivity contribution in [3.05, 3.63) is 17.5 Å². The van der Waals surface area contributed by atoms with Gasteiger partial charge in [-0.15, -0.1) is 0 Å². The molecule has 0 radical (unpaired) electrons. The van der Waals surface area contributed by atoms with Crippen LogP contribution in [-0.2, 0) is 7.05 Å². The Morgan fingerprint density at radius 2 is 2.35 bits per heavy atom. The Morgan fingerprint density at radius 3 is 2.82 bits per heavy atom. The molecule has 1 aromatic heterocycles. The number of hydrogen-bond acceptors (Lipinski definition) is 4. The van der Waals surface area contributed by atoms with E-state index in [0.29, 0.717) is 24.2 Å². The van der Waals surface area contributed by atoms with Gasteiger partial charge in [-0.2, -0.15) is 5.10 Å². The number of amides is 1. The van der Waals surface area contributed by atoms with Gasteiger partial charge in [0.25, 0.3) is 5.91 Å². The molecule has 0 atom stereocenters. The molecule has 17 heavy (non-hydrogen) atoms. The maximum atomic E-state index is 12.0. The number of aryl methyl sites for hydroxylation is 2. The number of carbonyl (C=O) groups excluding carboxylic acids is 1. The molecule has 0 saturated heterocycles. The number of carbonyl (C=O) groups is 1. The van der Waals surface area contributed by atoms with Crippen LogP contribution in [0.3, 0.4) is 0 Å². The van der Waals surface area contributed by atoms with Gasteiger partial charge in [-0.05, 0) is 6.92 Å². The van der Waals surface area contributed by atoms with Crippen molar-refractivity contribution >= 4 is 11.7 Å². The summed E-state index contributed by atoms with van der Waals surface area (Å²) in [6.45, 7) is 2.17. The number of nitrogens with zero attached hydrogens (tertiary/aromatic N) is 4. The number of aromatic nitrogens is 2. The second kappa shape index (κ2) is 5.33. The van der Waals surface area contributed by atoms with E-state index in [9.17, 15) is 4.79 Å². The molecule has 0 aliphatic heterocycles. The molecule has 1 amide bonds. The van der Waals surface area contributed by atoms with E-state index in [0.717, 1.165) is 0 Å². The second-order valence-electron chi connectivity index (χ2n) is 3.87. The Kier molecular flexibility index (Phi) is 4.08. The molecule has 94 valence electrons. The highest BCUT2D eigenvalue weighted by Gasteiger charge is 2.16. The van der Waals surface area contributed by atoms with Gasteiger partial charge in [-0.3, -0.25) is 9.48 Å². The molecular weight excluding hydrogens is 222 g/mol. The highest BCUT2D eigenvalue weighted by molar-refractivity contribution is 5.95. The minimum Gasteiger partial charge on any atom is -0.409 e. The number of nitrogens with two attached hydrogens (primary N) is 1. The Morgan fingerprint density at radius 1 is 1.71 bits per heavy atom. The molecule has 0 aliphatic carbocycles. The summed E-state index contributed by atoms with van der Waals surface area (Å²) in [7, 11) is 3.43. The Hall–Kier alpha value is -2.05. The average Bonchev–Trinajstić information content (AvgIpc) is 2.63. The number of hydrogen-bond donors (Lipinski definition) is 2. The van der Waals surface area contributed by atoms with Crippen LogP contribution in [-0.4, -0.2) is 45.2 Å². The topological polar surface area (TPSA) is 96.7 Å². The summed E-state index contributed by atoms with van der Waals surface area (Å²) in [5.41, 5.74) is 6.59. The van der Waals surface area contributed by atoms with Gasteiger partial charge in [-0.1, -0.05) is 5.16 Å². The lowest BCUT2D eigenvalue weighted by Gasteiger charge is -2.15. The fraction of sp³-hybridized carbons (Fsp3) is 0.500. The summed E-state index contributed by atoms with van der Waals surface area (Å²) in [5, 5.41) is 15.4. The van der Waals surface area contributed by atoms with Gasteiger partial charge in [0.15, 0.2) is 0 Å². The Balaban J connectivity index is 2.67. The maximum absolute atomic E-state index is 12.0. The SMILES string of the molecule is Cc1nn(C)cc1C(=O)N(C)CCC(N)=NO. The van der Waals surface area contributed by atoms with Crippen LogP contribution in [0.15, 0.2) is 11.4 Å². The fourth-order valence-corrected chi connectivity index (χ4v) is 1.45. The first-order chi connectivity index (χ1) is 7.95. The van der Waals surface area contributed by atoms with Crippen molar-refractivity contribution in [2.24, 2.45) is 17.9 Å². The molecule has 0 aromatic carbocycles. The quantitative estimate of drug-likeness (QED) is 0.333. The lowest BCUT2D eigenvalue weighted by molar-refractivity contribution is 0.0797. The highest BCUT2D eigenvalue weighted by atomic mass is 16.4. The molecule has 1 rings (SSSR count). The predicted octanol–water partition coefficient (Wildman–Crippen LogP) is -0.0630. The number of rotatable bonds is 4. The first-order valence-electron chi connectivity index (χ1n) is 5.17. The molecule has 1 heterocycles. The van der Waals surface area contributed by atoms with Crippen LogP contribution in [0.25, 0.3) is 0 Å². The minimum absolute atomic E-state index is 0.104. The first kappa shape index (κ1) is 13.0. The van der Waals surface area contributed by atoms with Crippen LogP contribution in [0.2, 0.25) is 0 Å². The van der Waals surface area contributed by atoms with E-state index >= 15 is 0 Å². The van der Waals surface area contributed by atoms with Crippen molar-refractivity contribution in [3.63, 3.8) is 0 Å².